The van der Waals surface area contributed by atoms with Crippen molar-refractivity contribution in [3.63, 3.8) is 0 Å². The number of esters is 1. The molecule has 1 aliphatic carbocycles. The van der Waals surface area contributed by atoms with Crippen molar-refractivity contribution in [2.75, 3.05) is 19.0 Å². The van der Waals surface area contributed by atoms with Gasteiger partial charge < -0.3 is 10.1 Å². The summed E-state index contributed by atoms with van der Waals surface area (Å²) in [4.78, 5) is 20.7. The first kappa shape index (κ1) is 18.0. The lowest BCUT2D eigenvalue weighted by atomic mass is 10.0. The van der Waals surface area contributed by atoms with E-state index in [2.05, 4.69) is 22.2 Å². The maximum absolute atomic E-state index is 11.9. The Balaban J connectivity index is 1.80. The van der Waals surface area contributed by atoms with Gasteiger partial charge in [0.25, 0.3) is 0 Å². The minimum Gasteiger partial charge on any atom is -0.464 e. The third-order valence-electron chi connectivity index (χ3n) is 4.20. The predicted molar refractivity (Wildman–Crippen MR) is 98.7 cm³/mol. The van der Waals surface area contributed by atoms with Gasteiger partial charge in [-0.25, -0.2) is 14.8 Å². The summed E-state index contributed by atoms with van der Waals surface area (Å²) in [5.41, 5.74) is 1.26. The number of rotatable bonds is 6. The standard InChI is InChI=1S/C18H19Cl2N3O2/c1-10(11-5-7-13(19)8-6-11)9-21-17-14(20)15(18(24)25-2)22-16(23-17)12-3-4-12/h5-8,10,12H,3-4,9H2,1-2H3,(H,21,22,23). The summed E-state index contributed by atoms with van der Waals surface area (Å²) in [5.74, 6) is 1.08. The summed E-state index contributed by atoms with van der Waals surface area (Å²) < 4.78 is 4.78. The van der Waals surface area contributed by atoms with Crippen LogP contribution in [0.1, 0.15) is 53.5 Å². The molecule has 0 bridgehead atoms. The van der Waals surface area contributed by atoms with Crippen LogP contribution in [0, 0.1) is 0 Å². The second-order valence-electron chi connectivity index (χ2n) is 6.19. The van der Waals surface area contributed by atoms with E-state index in [0.717, 1.165) is 18.4 Å². The molecule has 2 aromatic rings. The molecule has 1 saturated carbocycles. The fourth-order valence-electron chi connectivity index (χ4n) is 2.50. The van der Waals surface area contributed by atoms with Gasteiger partial charge in [0.15, 0.2) is 5.69 Å². The van der Waals surface area contributed by atoms with Gasteiger partial charge in [0.05, 0.1) is 7.11 Å². The molecule has 1 heterocycles. The highest BCUT2D eigenvalue weighted by Crippen LogP contribution is 2.39. The van der Waals surface area contributed by atoms with Gasteiger partial charge in [0, 0.05) is 17.5 Å². The zero-order valence-corrected chi connectivity index (χ0v) is 15.6. The van der Waals surface area contributed by atoms with Crippen LogP contribution in [0.4, 0.5) is 5.82 Å². The summed E-state index contributed by atoms with van der Waals surface area (Å²) in [5, 5.41) is 4.15. The van der Waals surface area contributed by atoms with Crippen molar-refractivity contribution < 1.29 is 9.53 Å². The second kappa shape index (κ2) is 7.58. The van der Waals surface area contributed by atoms with Gasteiger partial charge in [-0.3, -0.25) is 0 Å². The van der Waals surface area contributed by atoms with E-state index in [4.69, 9.17) is 27.9 Å². The molecule has 0 saturated heterocycles. The summed E-state index contributed by atoms with van der Waals surface area (Å²) in [6.45, 7) is 2.71. The Morgan fingerprint density at radius 1 is 1.28 bits per heavy atom. The molecule has 132 valence electrons. The number of carbonyl (C=O) groups excluding carboxylic acids is 1. The van der Waals surface area contributed by atoms with Crippen LogP contribution in [-0.4, -0.2) is 29.6 Å². The number of nitrogens with one attached hydrogen (secondary N) is 1. The minimum atomic E-state index is -0.553. The fraction of sp³-hybridized carbons (Fsp3) is 0.389. The summed E-state index contributed by atoms with van der Waals surface area (Å²) >= 11 is 12.3. The average molecular weight is 380 g/mol. The van der Waals surface area contributed by atoms with Crippen molar-refractivity contribution in [3.05, 3.63) is 51.4 Å². The molecule has 0 spiro atoms. The number of carbonyl (C=O) groups is 1. The van der Waals surface area contributed by atoms with Crippen LogP contribution in [-0.2, 0) is 4.74 Å². The lowest BCUT2D eigenvalue weighted by molar-refractivity contribution is 0.0593. The number of methoxy groups -OCH3 is 1. The zero-order valence-electron chi connectivity index (χ0n) is 14.1. The second-order valence-corrected chi connectivity index (χ2v) is 7.01. The van der Waals surface area contributed by atoms with Crippen LogP contribution in [0.15, 0.2) is 24.3 Å². The quantitative estimate of drug-likeness (QED) is 0.739. The molecule has 1 unspecified atom stereocenters. The van der Waals surface area contributed by atoms with Gasteiger partial charge in [0.1, 0.15) is 16.7 Å². The topological polar surface area (TPSA) is 64.1 Å². The Hall–Kier alpha value is -1.85. The largest absolute Gasteiger partial charge is 0.464 e. The Bertz CT molecular complexity index is 777. The molecule has 0 aliphatic heterocycles. The first-order valence-electron chi connectivity index (χ1n) is 8.14. The van der Waals surface area contributed by atoms with E-state index in [1.165, 1.54) is 7.11 Å². The van der Waals surface area contributed by atoms with Gasteiger partial charge in [-0.1, -0.05) is 42.3 Å². The van der Waals surface area contributed by atoms with Gasteiger partial charge in [-0.05, 0) is 36.5 Å². The molecule has 5 nitrogen and oxygen atoms in total. The van der Waals surface area contributed by atoms with E-state index >= 15 is 0 Å². The number of halogens is 2. The molecule has 1 atom stereocenters. The number of ether oxygens (including phenoxy) is 1. The highest BCUT2D eigenvalue weighted by atomic mass is 35.5. The number of benzene rings is 1. The van der Waals surface area contributed by atoms with Crippen LogP contribution in [0.3, 0.4) is 0 Å². The molecule has 1 aliphatic rings. The number of nitrogens with zero attached hydrogens (tertiary/aromatic N) is 2. The first-order valence-corrected chi connectivity index (χ1v) is 8.90. The monoisotopic (exact) mass is 379 g/mol. The molecule has 7 heteroatoms. The fourth-order valence-corrected chi connectivity index (χ4v) is 2.85. The predicted octanol–water partition coefficient (Wildman–Crippen LogP) is 4.66. The molecule has 1 N–H and O–H groups in total. The van der Waals surface area contributed by atoms with Crippen molar-refractivity contribution in [2.45, 2.75) is 31.6 Å². The highest BCUT2D eigenvalue weighted by Gasteiger charge is 2.30. The van der Waals surface area contributed by atoms with Crippen molar-refractivity contribution in [3.8, 4) is 0 Å². The lowest BCUT2D eigenvalue weighted by Gasteiger charge is -2.16. The third kappa shape index (κ3) is 4.22. The molecule has 1 aromatic carbocycles. The first-order chi connectivity index (χ1) is 12.0. The summed E-state index contributed by atoms with van der Waals surface area (Å²) in [7, 11) is 1.31. The zero-order chi connectivity index (χ0) is 18.0. The van der Waals surface area contributed by atoms with Crippen molar-refractivity contribution in [2.24, 2.45) is 0 Å². The molecule has 3 rings (SSSR count). The van der Waals surface area contributed by atoms with Crippen molar-refractivity contribution in [1.29, 1.82) is 0 Å². The van der Waals surface area contributed by atoms with Gasteiger partial charge >= 0.3 is 5.97 Å². The third-order valence-corrected chi connectivity index (χ3v) is 4.81. The van der Waals surface area contributed by atoms with E-state index in [9.17, 15) is 4.79 Å². The van der Waals surface area contributed by atoms with Crippen LogP contribution in [0.2, 0.25) is 10.0 Å². The van der Waals surface area contributed by atoms with E-state index in [-0.39, 0.29) is 16.6 Å². The lowest BCUT2D eigenvalue weighted by Crippen LogP contribution is -2.15. The number of aromatic nitrogens is 2. The Morgan fingerprint density at radius 3 is 2.56 bits per heavy atom. The van der Waals surface area contributed by atoms with E-state index in [1.54, 1.807) is 0 Å². The maximum atomic E-state index is 11.9. The SMILES string of the molecule is COC(=O)c1nc(C2CC2)nc(NCC(C)c2ccc(Cl)cc2)c1Cl. The summed E-state index contributed by atoms with van der Waals surface area (Å²) in [6, 6.07) is 7.72. The molecule has 25 heavy (non-hydrogen) atoms. The molecule has 1 fully saturated rings. The minimum absolute atomic E-state index is 0.114. The van der Waals surface area contributed by atoms with E-state index in [0.29, 0.717) is 29.1 Å². The normalized spacial score (nSPS) is 14.9. The van der Waals surface area contributed by atoms with Crippen LogP contribution in [0.5, 0.6) is 0 Å². The van der Waals surface area contributed by atoms with Crippen molar-refractivity contribution in [1.82, 2.24) is 9.97 Å². The number of hydrogen-bond acceptors (Lipinski definition) is 5. The Morgan fingerprint density at radius 2 is 1.96 bits per heavy atom. The highest BCUT2D eigenvalue weighted by molar-refractivity contribution is 6.35. The maximum Gasteiger partial charge on any atom is 0.358 e. The van der Waals surface area contributed by atoms with Crippen LogP contribution < -0.4 is 5.32 Å². The molecule has 0 radical (unpaired) electrons. The van der Waals surface area contributed by atoms with Crippen LogP contribution in [0.25, 0.3) is 0 Å². The average Bonchev–Trinajstić information content (AvgIpc) is 3.45. The summed E-state index contributed by atoms with van der Waals surface area (Å²) in [6.07, 6.45) is 2.06. The van der Waals surface area contributed by atoms with Crippen LogP contribution >= 0.6 is 23.2 Å². The van der Waals surface area contributed by atoms with Crippen molar-refractivity contribution >= 4 is 35.0 Å². The van der Waals surface area contributed by atoms with Gasteiger partial charge in [-0.2, -0.15) is 0 Å². The van der Waals surface area contributed by atoms with Gasteiger partial charge in [-0.15, -0.1) is 0 Å². The van der Waals surface area contributed by atoms with Gasteiger partial charge in [0.2, 0.25) is 0 Å². The Labute approximate surface area is 156 Å². The number of anilines is 1. The molecular formula is C18H19Cl2N3O2. The molecular weight excluding hydrogens is 361 g/mol. The number of hydrogen-bond donors (Lipinski definition) is 1. The molecule has 1 aromatic heterocycles. The molecule has 0 amide bonds. The van der Waals surface area contributed by atoms with E-state index < -0.39 is 5.97 Å². The van der Waals surface area contributed by atoms with E-state index in [1.807, 2.05) is 24.3 Å². The smallest absolute Gasteiger partial charge is 0.358 e. The Kier molecular flexibility index (Phi) is 5.45.